The Balaban J connectivity index is 1.73. The Bertz CT molecular complexity index is 987. The minimum absolute atomic E-state index is 0.0564. The van der Waals surface area contributed by atoms with Crippen LogP contribution in [0.2, 0.25) is 0 Å². The Kier molecular flexibility index (Phi) is 4.86. The number of rotatable bonds is 5. The summed E-state index contributed by atoms with van der Waals surface area (Å²) in [6.07, 6.45) is 0. The Hall–Kier alpha value is -2.65. The molecule has 0 aliphatic carbocycles. The predicted molar refractivity (Wildman–Crippen MR) is 91.6 cm³/mol. The van der Waals surface area contributed by atoms with Crippen molar-refractivity contribution in [3.8, 4) is 0 Å². The highest BCUT2D eigenvalue weighted by atomic mass is 32.2. The van der Waals surface area contributed by atoms with Crippen molar-refractivity contribution >= 4 is 32.4 Å². The molecule has 3 rings (SSSR count). The van der Waals surface area contributed by atoms with Gasteiger partial charge in [-0.15, -0.1) is 0 Å². The third kappa shape index (κ3) is 4.25. The molecule has 0 spiro atoms. The molecule has 0 saturated carbocycles. The zero-order chi connectivity index (χ0) is 17.9. The Morgan fingerprint density at radius 1 is 1.08 bits per heavy atom. The molecule has 0 unspecified atom stereocenters. The number of halogens is 1. The molecule has 0 fully saturated rings. The van der Waals surface area contributed by atoms with E-state index in [0.717, 1.165) is 23.7 Å². The number of hydrogen-bond donors (Lipinski definition) is 1. The molecule has 0 aliphatic rings. The minimum Gasteiger partial charge on any atom is -0.297 e. The second kappa shape index (κ2) is 7.08. The zero-order valence-electron chi connectivity index (χ0n) is 12.7. The molecule has 0 atom stereocenters. The predicted octanol–water partition coefficient (Wildman–Crippen LogP) is 2.90. The number of carbonyl (C=O) groups excluding carboxylic acids is 1. The second-order valence-electron chi connectivity index (χ2n) is 5.09. The van der Waals surface area contributed by atoms with Crippen LogP contribution in [-0.2, 0) is 15.6 Å². The molecular weight excluding hydrogens is 365 g/mol. The van der Waals surface area contributed by atoms with E-state index in [2.05, 4.69) is 14.7 Å². The first-order chi connectivity index (χ1) is 11.9. The van der Waals surface area contributed by atoms with Crippen LogP contribution in [0.25, 0.3) is 0 Å². The van der Waals surface area contributed by atoms with Gasteiger partial charge >= 0.3 is 0 Å². The molecule has 25 heavy (non-hydrogen) atoms. The van der Waals surface area contributed by atoms with Crippen molar-refractivity contribution in [2.45, 2.75) is 10.9 Å². The maximum Gasteiger partial charge on any atom is 0.261 e. The molecule has 0 saturated heterocycles. The lowest BCUT2D eigenvalue weighted by Gasteiger charge is -2.01. The molecule has 3 aromatic rings. The molecule has 1 aromatic heterocycles. The first kappa shape index (κ1) is 17.2. The number of nitrogens with one attached hydrogen (secondary N) is 1. The zero-order valence-corrected chi connectivity index (χ0v) is 14.3. The summed E-state index contributed by atoms with van der Waals surface area (Å²) in [6, 6.07) is 13.6. The van der Waals surface area contributed by atoms with E-state index in [4.69, 9.17) is 0 Å². The van der Waals surface area contributed by atoms with E-state index in [1.807, 2.05) is 0 Å². The van der Waals surface area contributed by atoms with Gasteiger partial charge in [0.2, 0.25) is 15.0 Å². The molecule has 0 aliphatic heterocycles. The largest absolute Gasteiger partial charge is 0.297 e. The van der Waals surface area contributed by atoms with Crippen molar-refractivity contribution in [3.05, 3.63) is 71.5 Å². The monoisotopic (exact) mass is 377 g/mol. The molecule has 6 nitrogen and oxygen atoms in total. The smallest absolute Gasteiger partial charge is 0.261 e. The van der Waals surface area contributed by atoms with Gasteiger partial charge < -0.3 is 0 Å². The van der Waals surface area contributed by atoms with Crippen molar-refractivity contribution in [1.29, 1.82) is 0 Å². The highest BCUT2D eigenvalue weighted by Crippen LogP contribution is 2.19. The van der Waals surface area contributed by atoms with Crippen LogP contribution in [0.3, 0.4) is 0 Å². The van der Waals surface area contributed by atoms with Gasteiger partial charge in [0.15, 0.2) is 0 Å². The number of amides is 1. The minimum atomic E-state index is -3.71. The van der Waals surface area contributed by atoms with Gasteiger partial charge in [-0.25, -0.2) is 12.8 Å². The fraction of sp³-hybridized carbons (Fsp3) is 0.0625. The topological polar surface area (TPSA) is 89.0 Å². The Morgan fingerprint density at radius 2 is 1.76 bits per heavy atom. The summed E-state index contributed by atoms with van der Waals surface area (Å²) in [5.74, 6) is -1.21. The van der Waals surface area contributed by atoms with E-state index in [1.54, 1.807) is 30.3 Å². The van der Waals surface area contributed by atoms with E-state index in [0.29, 0.717) is 5.56 Å². The molecule has 2 aromatic carbocycles. The molecule has 1 heterocycles. The van der Waals surface area contributed by atoms with E-state index in [-0.39, 0.29) is 21.6 Å². The van der Waals surface area contributed by atoms with Crippen LogP contribution < -0.4 is 5.32 Å². The van der Waals surface area contributed by atoms with Crippen molar-refractivity contribution in [3.63, 3.8) is 0 Å². The highest BCUT2D eigenvalue weighted by Gasteiger charge is 2.22. The van der Waals surface area contributed by atoms with Crippen LogP contribution in [0.4, 0.5) is 9.52 Å². The molecule has 0 bridgehead atoms. The van der Waals surface area contributed by atoms with E-state index in [9.17, 15) is 17.6 Å². The maximum absolute atomic E-state index is 12.9. The highest BCUT2D eigenvalue weighted by molar-refractivity contribution is 7.90. The van der Waals surface area contributed by atoms with Crippen LogP contribution in [0, 0.1) is 5.82 Å². The van der Waals surface area contributed by atoms with Gasteiger partial charge in [-0.1, -0.05) is 30.3 Å². The quantitative estimate of drug-likeness (QED) is 0.738. The van der Waals surface area contributed by atoms with E-state index >= 15 is 0 Å². The summed E-state index contributed by atoms with van der Waals surface area (Å²) >= 11 is 0.767. The number of sulfone groups is 1. The van der Waals surface area contributed by atoms with Crippen molar-refractivity contribution in [2.24, 2.45) is 0 Å². The van der Waals surface area contributed by atoms with Gasteiger partial charge in [-0.05, 0) is 29.8 Å². The maximum atomic E-state index is 12.9. The van der Waals surface area contributed by atoms with Crippen LogP contribution in [-0.4, -0.2) is 23.7 Å². The molecule has 0 radical (unpaired) electrons. The second-order valence-corrected chi connectivity index (χ2v) is 7.72. The fourth-order valence-corrected chi connectivity index (χ4v) is 4.10. The number of hydrogen-bond acceptors (Lipinski definition) is 6. The molecule has 9 heteroatoms. The van der Waals surface area contributed by atoms with Gasteiger partial charge in [0.05, 0.1) is 5.75 Å². The summed E-state index contributed by atoms with van der Waals surface area (Å²) < 4.78 is 41.4. The fourth-order valence-electron chi connectivity index (χ4n) is 2.02. The van der Waals surface area contributed by atoms with Gasteiger partial charge in [-0.2, -0.15) is 9.36 Å². The number of carbonyl (C=O) groups is 1. The van der Waals surface area contributed by atoms with Crippen molar-refractivity contribution < 1.29 is 17.6 Å². The lowest BCUT2D eigenvalue weighted by molar-refractivity contribution is 0.102. The third-order valence-corrected chi connectivity index (χ3v) is 5.41. The van der Waals surface area contributed by atoms with Crippen molar-refractivity contribution in [1.82, 2.24) is 9.36 Å². The SMILES string of the molecule is O=C(Nc1nc(S(=O)(=O)Cc2ccccc2)ns1)c1ccc(F)cc1. The first-order valence-electron chi connectivity index (χ1n) is 7.11. The number of nitrogens with zero attached hydrogens (tertiary/aromatic N) is 2. The van der Waals surface area contributed by atoms with Gasteiger partial charge in [0.25, 0.3) is 11.1 Å². The normalized spacial score (nSPS) is 11.2. The van der Waals surface area contributed by atoms with Crippen molar-refractivity contribution in [2.75, 3.05) is 5.32 Å². The average Bonchev–Trinajstić information content (AvgIpc) is 3.05. The Morgan fingerprint density at radius 3 is 2.44 bits per heavy atom. The standard InChI is InChI=1S/C16H12FN3O3S2/c17-13-8-6-12(7-9-13)14(21)18-15-19-16(20-24-15)25(22,23)10-11-4-2-1-3-5-11/h1-9H,10H2,(H,18,19,20,21). The molecule has 1 amide bonds. The van der Waals surface area contributed by atoms with Crippen LogP contribution in [0.15, 0.2) is 59.8 Å². The summed E-state index contributed by atoms with van der Waals surface area (Å²) in [5, 5.41) is 2.17. The summed E-state index contributed by atoms with van der Waals surface area (Å²) in [4.78, 5) is 15.9. The van der Waals surface area contributed by atoms with E-state index in [1.165, 1.54) is 12.1 Å². The van der Waals surface area contributed by atoms with E-state index < -0.39 is 21.6 Å². The number of anilines is 1. The van der Waals surface area contributed by atoms with Gasteiger partial charge in [0, 0.05) is 17.1 Å². The number of aromatic nitrogens is 2. The lowest BCUT2D eigenvalue weighted by Crippen LogP contribution is -2.12. The Labute approximate surface area is 147 Å². The first-order valence-corrected chi connectivity index (χ1v) is 9.54. The van der Waals surface area contributed by atoms with Crippen LogP contribution >= 0.6 is 11.5 Å². The average molecular weight is 377 g/mol. The molecular formula is C16H12FN3O3S2. The van der Waals surface area contributed by atoms with Gasteiger partial charge in [0.1, 0.15) is 5.82 Å². The molecule has 128 valence electrons. The summed E-state index contributed by atoms with van der Waals surface area (Å²) in [6.45, 7) is 0. The third-order valence-electron chi connectivity index (χ3n) is 3.21. The van der Waals surface area contributed by atoms with Gasteiger partial charge in [-0.3, -0.25) is 10.1 Å². The lowest BCUT2D eigenvalue weighted by atomic mass is 10.2. The summed E-state index contributed by atoms with van der Waals surface area (Å²) in [7, 11) is -3.71. The van der Waals surface area contributed by atoms with Crippen LogP contribution in [0.1, 0.15) is 15.9 Å². The molecule has 1 N–H and O–H groups in total. The number of benzene rings is 2. The van der Waals surface area contributed by atoms with Crippen LogP contribution in [0.5, 0.6) is 0 Å². The summed E-state index contributed by atoms with van der Waals surface area (Å²) in [5.41, 5.74) is 0.847.